The third-order valence-electron chi connectivity index (χ3n) is 2.37. The van der Waals surface area contributed by atoms with Crippen LogP contribution in [0.5, 0.6) is 0 Å². The Morgan fingerprint density at radius 3 is 2.78 bits per heavy atom. The zero-order valence-corrected chi connectivity index (χ0v) is 11.2. The van der Waals surface area contributed by atoms with Crippen LogP contribution in [0.4, 0.5) is 5.69 Å². The second-order valence-electron chi connectivity index (χ2n) is 3.65. The van der Waals surface area contributed by atoms with Gasteiger partial charge in [-0.25, -0.2) is 0 Å². The fraction of sp³-hybridized carbons (Fsp3) is 0.0769. The normalized spacial score (nSPS) is 11.4. The zero-order chi connectivity index (χ0) is 13.0. The largest absolute Gasteiger partial charge is 0.277 e. The first-order valence-electron chi connectivity index (χ1n) is 5.33. The molecule has 18 heavy (non-hydrogen) atoms. The lowest BCUT2D eigenvalue weighted by Gasteiger charge is -2.06. The highest BCUT2D eigenvalue weighted by Crippen LogP contribution is 2.29. The average molecular weight is 280 g/mol. The summed E-state index contributed by atoms with van der Waals surface area (Å²) >= 11 is 12.0. The van der Waals surface area contributed by atoms with Gasteiger partial charge in [0.25, 0.3) is 0 Å². The van der Waals surface area contributed by atoms with Gasteiger partial charge in [-0.3, -0.25) is 10.4 Å². The van der Waals surface area contributed by atoms with Crippen LogP contribution in [0.15, 0.2) is 47.8 Å². The van der Waals surface area contributed by atoms with Crippen LogP contribution in [-0.4, -0.2) is 10.7 Å². The van der Waals surface area contributed by atoms with E-state index in [-0.39, 0.29) is 0 Å². The molecule has 2 aromatic rings. The second kappa shape index (κ2) is 5.85. The summed E-state index contributed by atoms with van der Waals surface area (Å²) in [5, 5.41) is 5.21. The first-order valence-corrected chi connectivity index (χ1v) is 6.09. The van der Waals surface area contributed by atoms with Crippen molar-refractivity contribution in [2.75, 3.05) is 5.43 Å². The van der Waals surface area contributed by atoms with Crippen molar-refractivity contribution in [1.29, 1.82) is 0 Å². The lowest BCUT2D eigenvalue weighted by molar-refractivity contribution is 1.28. The Labute approximate surface area is 115 Å². The van der Waals surface area contributed by atoms with Crippen LogP contribution in [0.2, 0.25) is 10.0 Å². The van der Waals surface area contributed by atoms with Gasteiger partial charge in [0.2, 0.25) is 0 Å². The van der Waals surface area contributed by atoms with Crippen LogP contribution in [0.3, 0.4) is 0 Å². The van der Waals surface area contributed by atoms with Gasteiger partial charge in [0, 0.05) is 18.0 Å². The molecule has 3 nitrogen and oxygen atoms in total. The lowest BCUT2D eigenvalue weighted by Crippen LogP contribution is -2.00. The van der Waals surface area contributed by atoms with E-state index in [1.165, 1.54) is 0 Å². The number of halogens is 2. The Morgan fingerprint density at radius 1 is 1.22 bits per heavy atom. The molecule has 1 aromatic heterocycles. The first kappa shape index (κ1) is 12.9. The maximum atomic E-state index is 6.05. The van der Waals surface area contributed by atoms with Gasteiger partial charge in [0.15, 0.2) is 0 Å². The van der Waals surface area contributed by atoms with Gasteiger partial charge >= 0.3 is 0 Å². The minimum Gasteiger partial charge on any atom is -0.277 e. The molecule has 0 saturated carbocycles. The molecule has 0 aliphatic rings. The lowest BCUT2D eigenvalue weighted by atomic mass is 10.2. The summed E-state index contributed by atoms with van der Waals surface area (Å²) in [4.78, 5) is 4.04. The van der Waals surface area contributed by atoms with E-state index in [9.17, 15) is 0 Å². The number of nitrogens with one attached hydrogen (secondary N) is 1. The summed E-state index contributed by atoms with van der Waals surface area (Å²) in [5.74, 6) is 0. The topological polar surface area (TPSA) is 37.3 Å². The van der Waals surface area contributed by atoms with Gasteiger partial charge in [-0.05, 0) is 25.1 Å². The summed E-state index contributed by atoms with van der Waals surface area (Å²) < 4.78 is 0. The molecule has 0 saturated heterocycles. The number of hydrogen-bond donors (Lipinski definition) is 1. The molecule has 2 rings (SSSR count). The fourth-order valence-corrected chi connectivity index (χ4v) is 1.72. The summed E-state index contributed by atoms with van der Waals surface area (Å²) in [7, 11) is 0. The molecule has 1 heterocycles. The molecule has 1 aromatic carbocycles. The molecule has 0 unspecified atom stereocenters. The van der Waals surface area contributed by atoms with Crippen molar-refractivity contribution in [2.24, 2.45) is 5.10 Å². The molecule has 0 atom stereocenters. The number of anilines is 1. The SMILES string of the molecule is C/C(=N/Nc1cccc(Cl)c1Cl)c1cccnc1. The first-order chi connectivity index (χ1) is 8.68. The van der Waals surface area contributed by atoms with Crippen molar-refractivity contribution >= 4 is 34.6 Å². The monoisotopic (exact) mass is 279 g/mol. The van der Waals surface area contributed by atoms with E-state index >= 15 is 0 Å². The van der Waals surface area contributed by atoms with Crippen LogP contribution in [0.25, 0.3) is 0 Å². The van der Waals surface area contributed by atoms with Gasteiger partial charge in [-0.1, -0.05) is 35.3 Å². The van der Waals surface area contributed by atoms with E-state index in [0.29, 0.717) is 15.7 Å². The molecule has 0 amide bonds. The van der Waals surface area contributed by atoms with E-state index in [4.69, 9.17) is 23.2 Å². The highest BCUT2D eigenvalue weighted by molar-refractivity contribution is 6.43. The second-order valence-corrected chi connectivity index (χ2v) is 4.44. The number of benzene rings is 1. The summed E-state index contributed by atoms with van der Waals surface area (Å²) in [6.07, 6.45) is 3.47. The molecule has 0 aliphatic carbocycles. The summed E-state index contributed by atoms with van der Waals surface area (Å²) in [6, 6.07) is 9.15. The van der Waals surface area contributed by atoms with Crippen molar-refractivity contribution in [3.05, 3.63) is 58.3 Å². The van der Waals surface area contributed by atoms with Crippen LogP contribution in [-0.2, 0) is 0 Å². The van der Waals surface area contributed by atoms with Gasteiger partial charge in [-0.15, -0.1) is 0 Å². The van der Waals surface area contributed by atoms with E-state index in [0.717, 1.165) is 11.3 Å². The molecule has 0 spiro atoms. The van der Waals surface area contributed by atoms with Gasteiger partial charge < -0.3 is 0 Å². The van der Waals surface area contributed by atoms with Crippen LogP contribution in [0, 0.1) is 0 Å². The Balaban J connectivity index is 2.18. The maximum absolute atomic E-state index is 6.05. The van der Waals surface area contributed by atoms with Gasteiger partial charge in [0.1, 0.15) is 0 Å². The number of pyridine rings is 1. The predicted octanol–water partition coefficient (Wildman–Crippen LogP) is 4.22. The molecular formula is C13H11Cl2N3. The van der Waals surface area contributed by atoms with Gasteiger partial charge in [-0.2, -0.15) is 5.10 Å². The summed E-state index contributed by atoms with van der Waals surface area (Å²) in [5.41, 5.74) is 5.34. The number of nitrogens with zero attached hydrogens (tertiary/aromatic N) is 2. The third kappa shape index (κ3) is 3.00. The van der Waals surface area contributed by atoms with Crippen LogP contribution < -0.4 is 5.43 Å². The average Bonchev–Trinajstić information content (AvgIpc) is 2.41. The van der Waals surface area contributed by atoms with Crippen molar-refractivity contribution in [3.8, 4) is 0 Å². The third-order valence-corrected chi connectivity index (χ3v) is 3.19. The molecule has 0 fully saturated rings. The number of hydrogen-bond acceptors (Lipinski definition) is 3. The molecule has 0 aliphatic heterocycles. The van der Waals surface area contributed by atoms with Crippen molar-refractivity contribution in [1.82, 2.24) is 4.98 Å². The highest BCUT2D eigenvalue weighted by atomic mass is 35.5. The minimum absolute atomic E-state index is 0.460. The van der Waals surface area contributed by atoms with E-state index in [1.54, 1.807) is 18.5 Å². The van der Waals surface area contributed by atoms with Crippen molar-refractivity contribution in [2.45, 2.75) is 6.92 Å². The number of hydrazone groups is 1. The Hall–Kier alpha value is -1.58. The molecule has 0 bridgehead atoms. The quantitative estimate of drug-likeness (QED) is 0.675. The minimum atomic E-state index is 0.460. The molecule has 0 radical (unpaired) electrons. The number of rotatable bonds is 3. The van der Waals surface area contributed by atoms with E-state index in [1.807, 2.05) is 31.2 Å². The predicted molar refractivity (Wildman–Crippen MR) is 76.5 cm³/mol. The van der Waals surface area contributed by atoms with E-state index in [2.05, 4.69) is 15.5 Å². The maximum Gasteiger partial charge on any atom is 0.0842 e. The van der Waals surface area contributed by atoms with Crippen LogP contribution in [0.1, 0.15) is 12.5 Å². The number of aromatic nitrogens is 1. The highest BCUT2D eigenvalue weighted by Gasteiger charge is 2.03. The van der Waals surface area contributed by atoms with Crippen molar-refractivity contribution in [3.63, 3.8) is 0 Å². The fourth-order valence-electron chi connectivity index (χ4n) is 1.38. The zero-order valence-electron chi connectivity index (χ0n) is 9.69. The standard InChI is InChI=1S/C13H11Cl2N3/c1-9(10-4-3-7-16-8-10)17-18-12-6-2-5-11(14)13(12)15/h2-8,18H,1H3/b17-9-. The Morgan fingerprint density at radius 2 is 2.06 bits per heavy atom. The molecule has 92 valence electrons. The Kier molecular flexibility index (Phi) is 4.18. The van der Waals surface area contributed by atoms with Crippen molar-refractivity contribution < 1.29 is 0 Å². The molecule has 1 N–H and O–H groups in total. The van der Waals surface area contributed by atoms with Gasteiger partial charge in [0.05, 0.1) is 21.4 Å². The summed E-state index contributed by atoms with van der Waals surface area (Å²) in [6.45, 7) is 1.89. The smallest absolute Gasteiger partial charge is 0.0842 e. The Bertz CT molecular complexity index is 568. The molecular weight excluding hydrogens is 269 g/mol. The molecule has 5 heteroatoms. The van der Waals surface area contributed by atoms with Crippen LogP contribution >= 0.6 is 23.2 Å². The van der Waals surface area contributed by atoms with E-state index < -0.39 is 0 Å².